The van der Waals surface area contributed by atoms with Gasteiger partial charge in [0.2, 0.25) is 0 Å². The van der Waals surface area contributed by atoms with E-state index >= 15 is 0 Å². The maximum atomic E-state index is 12.6. The fraction of sp³-hybridized carbons (Fsp3) is 0.368. The molecular formula is C19H23N3O3. The quantitative estimate of drug-likeness (QED) is 0.871. The molecular weight excluding hydrogens is 318 g/mol. The van der Waals surface area contributed by atoms with Crippen molar-refractivity contribution in [3.63, 3.8) is 0 Å². The summed E-state index contributed by atoms with van der Waals surface area (Å²) in [6.07, 6.45) is 3.39. The van der Waals surface area contributed by atoms with Crippen LogP contribution in [0.1, 0.15) is 39.3 Å². The molecule has 25 heavy (non-hydrogen) atoms. The van der Waals surface area contributed by atoms with Crippen molar-refractivity contribution >= 4 is 11.8 Å². The van der Waals surface area contributed by atoms with Crippen molar-refractivity contribution in [2.45, 2.75) is 19.4 Å². The highest BCUT2D eigenvalue weighted by Gasteiger charge is 2.25. The zero-order chi connectivity index (χ0) is 17.6. The van der Waals surface area contributed by atoms with Gasteiger partial charge >= 0.3 is 0 Å². The molecule has 0 spiro atoms. The van der Waals surface area contributed by atoms with Gasteiger partial charge in [-0.1, -0.05) is 18.2 Å². The van der Waals surface area contributed by atoms with E-state index in [4.69, 9.17) is 10.2 Å². The van der Waals surface area contributed by atoms with Crippen LogP contribution in [0.25, 0.3) is 0 Å². The van der Waals surface area contributed by atoms with E-state index in [1.54, 1.807) is 18.2 Å². The lowest BCUT2D eigenvalue weighted by Gasteiger charge is -2.32. The third-order valence-electron chi connectivity index (χ3n) is 4.50. The van der Waals surface area contributed by atoms with E-state index in [1.807, 2.05) is 23.1 Å². The third-order valence-corrected chi connectivity index (χ3v) is 4.50. The topological polar surface area (TPSA) is 88.6 Å². The first-order valence-corrected chi connectivity index (χ1v) is 8.57. The predicted octanol–water partition coefficient (Wildman–Crippen LogP) is 2.02. The van der Waals surface area contributed by atoms with E-state index in [1.165, 1.54) is 6.26 Å². The second kappa shape index (κ2) is 7.98. The van der Waals surface area contributed by atoms with Crippen LogP contribution in [-0.2, 0) is 6.54 Å². The summed E-state index contributed by atoms with van der Waals surface area (Å²) in [4.78, 5) is 26.5. The first kappa shape index (κ1) is 17.2. The van der Waals surface area contributed by atoms with Crippen molar-refractivity contribution < 1.29 is 14.0 Å². The second-order valence-corrected chi connectivity index (χ2v) is 6.34. The molecule has 2 amide bonds. The zero-order valence-electron chi connectivity index (χ0n) is 14.1. The average Bonchev–Trinajstić information content (AvgIpc) is 3.15. The SMILES string of the molecule is NCc1cc(C(=O)N2CCCC(CNC(=O)c3ccccc3)C2)co1. The molecule has 132 valence electrons. The number of furan rings is 1. The minimum Gasteiger partial charge on any atom is -0.467 e. The first-order valence-electron chi connectivity index (χ1n) is 8.57. The molecule has 1 aromatic carbocycles. The van der Waals surface area contributed by atoms with Gasteiger partial charge in [-0.3, -0.25) is 9.59 Å². The van der Waals surface area contributed by atoms with Crippen molar-refractivity contribution in [3.8, 4) is 0 Å². The summed E-state index contributed by atoms with van der Waals surface area (Å²) >= 11 is 0. The minimum atomic E-state index is -0.0773. The maximum Gasteiger partial charge on any atom is 0.257 e. The van der Waals surface area contributed by atoms with E-state index in [0.717, 1.165) is 19.4 Å². The van der Waals surface area contributed by atoms with Gasteiger partial charge in [0, 0.05) is 25.2 Å². The Bertz CT molecular complexity index is 727. The second-order valence-electron chi connectivity index (χ2n) is 6.34. The van der Waals surface area contributed by atoms with Crippen molar-refractivity contribution in [3.05, 3.63) is 59.5 Å². The Morgan fingerprint density at radius 3 is 2.76 bits per heavy atom. The fourth-order valence-corrected chi connectivity index (χ4v) is 3.13. The first-order chi connectivity index (χ1) is 12.2. The van der Waals surface area contributed by atoms with Crippen molar-refractivity contribution in [2.75, 3.05) is 19.6 Å². The van der Waals surface area contributed by atoms with Gasteiger partial charge in [0.1, 0.15) is 12.0 Å². The van der Waals surface area contributed by atoms with Crippen LogP contribution in [0.15, 0.2) is 47.1 Å². The lowest BCUT2D eigenvalue weighted by Crippen LogP contribution is -2.43. The summed E-state index contributed by atoms with van der Waals surface area (Å²) in [6.45, 7) is 2.21. The van der Waals surface area contributed by atoms with E-state index in [0.29, 0.717) is 30.0 Å². The van der Waals surface area contributed by atoms with Gasteiger partial charge in [0.25, 0.3) is 11.8 Å². The highest BCUT2D eigenvalue weighted by Crippen LogP contribution is 2.19. The van der Waals surface area contributed by atoms with Gasteiger partial charge in [0.15, 0.2) is 0 Å². The van der Waals surface area contributed by atoms with Crippen LogP contribution in [0.2, 0.25) is 0 Å². The average molecular weight is 341 g/mol. The summed E-state index contributed by atoms with van der Waals surface area (Å²) in [6, 6.07) is 10.9. The number of benzene rings is 1. The lowest BCUT2D eigenvalue weighted by atomic mass is 9.97. The van der Waals surface area contributed by atoms with Gasteiger partial charge in [-0.05, 0) is 37.0 Å². The Morgan fingerprint density at radius 1 is 1.24 bits per heavy atom. The minimum absolute atomic E-state index is 0.0393. The normalized spacial score (nSPS) is 17.3. The Kier molecular flexibility index (Phi) is 5.50. The van der Waals surface area contributed by atoms with E-state index in [2.05, 4.69) is 5.32 Å². The molecule has 1 atom stereocenters. The van der Waals surface area contributed by atoms with Crippen LogP contribution in [0, 0.1) is 5.92 Å². The summed E-state index contributed by atoms with van der Waals surface area (Å²) in [5.41, 5.74) is 6.71. The molecule has 1 saturated heterocycles. The molecule has 1 aliphatic rings. The van der Waals surface area contributed by atoms with Crippen molar-refractivity contribution in [2.24, 2.45) is 11.7 Å². The highest BCUT2D eigenvalue weighted by molar-refractivity contribution is 5.94. The van der Waals surface area contributed by atoms with E-state index in [9.17, 15) is 9.59 Å². The van der Waals surface area contributed by atoms with Gasteiger partial charge in [-0.15, -0.1) is 0 Å². The number of carbonyl (C=O) groups excluding carboxylic acids is 2. The molecule has 3 N–H and O–H groups in total. The molecule has 2 aromatic rings. The molecule has 0 radical (unpaired) electrons. The van der Waals surface area contributed by atoms with Crippen molar-refractivity contribution in [1.82, 2.24) is 10.2 Å². The molecule has 6 heteroatoms. The summed E-state index contributed by atoms with van der Waals surface area (Å²) in [5, 5.41) is 2.97. The number of carbonyl (C=O) groups is 2. The number of nitrogens with zero attached hydrogens (tertiary/aromatic N) is 1. The molecule has 3 rings (SSSR count). The van der Waals surface area contributed by atoms with Gasteiger partial charge in [-0.25, -0.2) is 0 Å². The Hall–Kier alpha value is -2.60. The largest absolute Gasteiger partial charge is 0.467 e. The fourth-order valence-electron chi connectivity index (χ4n) is 3.13. The standard InChI is InChI=1S/C19H23N3O3/c20-10-17-9-16(13-25-17)19(24)22-8-4-5-14(12-22)11-21-18(23)15-6-2-1-3-7-15/h1-3,6-7,9,13-14H,4-5,8,10-12,20H2,(H,21,23). The molecule has 2 heterocycles. The van der Waals surface area contributed by atoms with Gasteiger partial charge < -0.3 is 20.4 Å². The van der Waals surface area contributed by atoms with Crippen molar-refractivity contribution in [1.29, 1.82) is 0 Å². The highest BCUT2D eigenvalue weighted by atomic mass is 16.3. The smallest absolute Gasteiger partial charge is 0.257 e. The number of piperidine rings is 1. The number of nitrogens with two attached hydrogens (primary N) is 1. The van der Waals surface area contributed by atoms with E-state index < -0.39 is 0 Å². The zero-order valence-corrected chi connectivity index (χ0v) is 14.1. The number of nitrogens with one attached hydrogen (secondary N) is 1. The Balaban J connectivity index is 1.54. The number of hydrogen-bond acceptors (Lipinski definition) is 4. The lowest BCUT2D eigenvalue weighted by molar-refractivity contribution is 0.0670. The monoisotopic (exact) mass is 341 g/mol. The number of likely N-dealkylation sites (tertiary alicyclic amines) is 1. The van der Waals surface area contributed by atoms with Gasteiger partial charge in [0.05, 0.1) is 12.1 Å². The third kappa shape index (κ3) is 4.28. The number of amides is 2. The van der Waals surface area contributed by atoms with Crippen LogP contribution in [0.5, 0.6) is 0 Å². The Morgan fingerprint density at radius 2 is 2.04 bits per heavy atom. The van der Waals surface area contributed by atoms with E-state index in [-0.39, 0.29) is 24.3 Å². The molecule has 1 unspecified atom stereocenters. The van der Waals surface area contributed by atoms with Crippen LogP contribution in [0.3, 0.4) is 0 Å². The van der Waals surface area contributed by atoms with Crippen LogP contribution >= 0.6 is 0 Å². The molecule has 6 nitrogen and oxygen atoms in total. The molecule has 1 aliphatic heterocycles. The molecule has 0 bridgehead atoms. The van der Waals surface area contributed by atoms with Crippen LogP contribution in [-0.4, -0.2) is 36.3 Å². The molecule has 1 aromatic heterocycles. The summed E-state index contributed by atoms with van der Waals surface area (Å²) in [5.74, 6) is 0.743. The summed E-state index contributed by atoms with van der Waals surface area (Å²) < 4.78 is 5.25. The van der Waals surface area contributed by atoms with Crippen LogP contribution in [0.4, 0.5) is 0 Å². The summed E-state index contributed by atoms with van der Waals surface area (Å²) in [7, 11) is 0. The van der Waals surface area contributed by atoms with Crippen LogP contribution < -0.4 is 11.1 Å². The number of hydrogen-bond donors (Lipinski definition) is 2. The molecule has 0 saturated carbocycles. The maximum absolute atomic E-state index is 12.6. The predicted molar refractivity (Wildman–Crippen MR) is 94.0 cm³/mol. The van der Waals surface area contributed by atoms with Gasteiger partial charge in [-0.2, -0.15) is 0 Å². The number of rotatable bonds is 5. The molecule has 0 aliphatic carbocycles. The molecule has 1 fully saturated rings. The Labute approximate surface area is 147 Å².